The van der Waals surface area contributed by atoms with Gasteiger partial charge in [0, 0.05) is 31.0 Å². The second-order valence-corrected chi connectivity index (χ2v) is 6.83. The molecule has 0 aromatic heterocycles. The largest absolute Gasteiger partial charge is 0.357 e. The molecular weight excluding hydrogens is 319 g/mol. The summed E-state index contributed by atoms with van der Waals surface area (Å²) in [5.74, 6) is 0.575. The lowest BCUT2D eigenvalue weighted by atomic mass is 9.95. The molecule has 0 heterocycles. The van der Waals surface area contributed by atoms with Gasteiger partial charge in [-0.15, -0.1) is 0 Å². The predicted octanol–water partition coefficient (Wildman–Crippen LogP) is 2.18. The molecule has 1 aromatic rings. The molecular formula is C19H29FN4O. The Hall–Kier alpha value is -2.11. The fourth-order valence-corrected chi connectivity index (χ4v) is 2.70. The number of nitrogens with one attached hydrogen (secondary N) is 3. The lowest BCUT2D eigenvalue weighted by molar-refractivity contribution is -0.123. The van der Waals surface area contributed by atoms with E-state index in [2.05, 4.69) is 20.9 Å². The summed E-state index contributed by atoms with van der Waals surface area (Å²) in [6.07, 6.45) is 1.92. The van der Waals surface area contributed by atoms with Gasteiger partial charge >= 0.3 is 0 Å². The molecule has 1 aromatic carbocycles. The monoisotopic (exact) mass is 348 g/mol. The van der Waals surface area contributed by atoms with Gasteiger partial charge in [0.15, 0.2) is 5.96 Å². The highest BCUT2D eigenvalue weighted by Crippen LogP contribution is 2.49. The first-order valence-corrected chi connectivity index (χ1v) is 9.03. The first kappa shape index (κ1) is 19.2. The summed E-state index contributed by atoms with van der Waals surface area (Å²) >= 11 is 0. The number of amides is 1. The Morgan fingerprint density at radius 3 is 2.48 bits per heavy atom. The van der Waals surface area contributed by atoms with Crippen molar-refractivity contribution >= 4 is 11.9 Å². The number of carbonyl (C=O) groups is 1. The van der Waals surface area contributed by atoms with Crippen LogP contribution in [0.1, 0.15) is 39.2 Å². The van der Waals surface area contributed by atoms with Crippen molar-refractivity contribution in [1.82, 2.24) is 16.0 Å². The zero-order valence-corrected chi connectivity index (χ0v) is 15.4. The van der Waals surface area contributed by atoms with Crippen LogP contribution in [0.2, 0.25) is 0 Å². The van der Waals surface area contributed by atoms with Gasteiger partial charge in [-0.2, -0.15) is 0 Å². The Bertz CT molecular complexity index is 611. The van der Waals surface area contributed by atoms with Crippen molar-refractivity contribution in [2.75, 3.05) is 26.2 Å². The lowest BCUT2D eigenvalue weighted by Crippen LogP contribution is -2.42. The van der Waals surface area contributed by atoms with Gasteiger partial charge < -0.3 is 16.0 Å². The van der Waals surface area contributed by atoms with E-state index in [0.717, 1.165) is 24.9 Å². The average molecular weight is 348 g/mol. The first-order chi connectivity index (χ1) is 12.0. The van der Waals surface area contributed by atoms with Crippen LogP contribution in [0.4, 0.5) is 4.39 Å². The maximum atomic E-state index is 14.1. The average Bonchev–Trinajstić information content (AvgIpc) is 3.37. The molecule has 1 fully saturated rings. The van der Waals surface area contributed by atoms with Crippen LogP contribution in [0.5, 0.6) is 0 Å². The van der Waals surface area contributed by atoms with Gasteiger partial charge in [0.05, 0.1) is 6.54 Å². The minimum Gasteiger partial charge on any atom is -0.357 e. The van der Waals surface area contributed by atoms with Gasteiger partial charge in [-0.1, -0.05) is 32.0 Å². The van der Waals surface area contributed by atoms with Gasteiger partial charge in [-0.05, 0) is 31.4 Å². The lowest BCUT2D eigenvalue weighted by Gasteiger charge is -2.17. The van der Waals surface area contributed by atoms with Gasteiger partial charge in [-0.25, -0.2) is 4.39 Å². The van der Waals surface area contributed by atoms with Crippen LogP contribution in [0.25, 0.3) is 0 Å². The fourth-order valence-electron chi connectivity index (χ4n) is 2.70. The fraction of sp³-hybridized carbons (Fsp3) is 0.579. The normalized spacial score (nSPS) is 15.8. The predicted molar refractivity (Wildman–Crippen MR) is 99.1 cm³/mol. The van der Waals surface area contributed by atoms with Crippen LogP contribution in [-0.4, -0.2) is 38.0 Å². The van der Waals surface area contributed by atoms with Crippen molar-refractivity contribution < 1.29 is 9.18 Å². The van der Waals surface area contributed by atoms with E-state index in [0.29, 0.717) is 25.6 Å². The smallest absolute Gasteiger partial charge is 0.222 e. The summed E-state index contributed by atoms with van der Waals surface area (Å²) in [4.78, 5) is 16.2. The Morgan fingerprint density at radius 2 is 1.88 bits per heavy atom. The van der Waals surface area contributed by atoms with E-state index < -0.39 is 0 Å². The molecule has 2 rings (SSSR count). The Kier molecular flexibility index (Phi) is 6.79. The number of hydrogen-bond donors (Lipinski definition) is 3. The third-order valence-corrected chi connectivity index (χ3v) is 4.42. The van der Waals surface area contributed by atoms with E-state index in [1.807, 2.05) is 32.9 Å². The van der Waals surface area contributed by atoms with E-state index in [9.17, 15) is 9.18 Å². The van der Waals surface area contributed by atoms with E-state index in [-0.39, 0.29) is 23.1 Å². The first-order valence-electron chi connectivity index (χ1n) is 9.03. The number of hydrogen-bond acceptors (Lipinski definition) is 2. The van der Waals surface area contributed by atoms with Crippen LogP contribution < -0.4 is 16.0 Å². The van der Waals surface area contributed by atoms with Crippen LogP contribution in [0, 0.1) is 11.7 Å². The van der Waals surface area contributed by atoms with Crippen molar-refractivity contribution in [3.63, 3.8) is 0 Å². The molecule has 1 amide bonds. The second kappa shape index (κ2) is 8.83. The van der Waals surface area contributed by atoms with Crippen LogP contribution in [0.3, 0.4) is 0 Å². The number of nitrogens with zero attached hydrogens (tertiary/aromatic N) is 1. The molecule has 0 atom stereocenters. The van der Waals surface area contributed by atoms with Crippen LogP contribution in [-0.2, 0) is 10.2 Å². The molecule has 3 N–H and O–H groups in total. The summed E-state index contributed by atoms with van der Waals surface area (Å²) in [7, 11) is 0. The molecule has 1 aliphatic rings. The number of halogens is 1. The van der Waals surface area contributed by atoms with E-state index in [1.54, 1.807) is 6.07 Å². The van der Waals surface area contributed by atoms with E-state index in [4.69, 9.17) is 0 Å². The van der Waals surface area contributed by atoms with Crippen molar-refractivity contribution in [1.29, 1.82) is 0 Å². The minimum atomic E-state index is -0.167. The molecule has 0 saturated heterocycles. The molecule has 0 aliphatic heterocycles. The zero-order valence-electron chi connectivity index (χ0n) is 15.4. The summed E-state index contributed by atoms with van der Waals surface area (Å²) in [6, 6.07) is 6.97. The van der Waals surface area contributed by atoms with Gasteiger partial charge in [0.25, 0.3) is 0 Å². The maximum Gasteiger partial charge on any atom is 0.222 e. The third-order valence-electron chi connectivity index (χ3n) is 4.42. The molecule has 138 valence electrons. The molecule has 6 heteroatoms. The highest BCUT2D eigenvalue weighted by molar-refractivity contribution is 5.80. The maximum absolute atomic E-state index is 14.1. The Morgan fingerprint density at radius 1 is 1.20 bits per heavy atom. The number of benzene rings is 1. The van der Waals surface area contributed by atoms with Crippen LogP contribution in [0.15, 0.2) is 29.3 Å². The standard InChI is InChI=1S/C19H29FN4O/c1-4-21-18(23-12-11-22-17(25)14(2)3)24-13-19(9-10-19)15-7-5-6-8-16(15)20/h5-8,14H,4,9-13H2,1-3H3,(H,22,25)(H2,21,23,24). The van der Waals surface area contributed by atoms with Crippen molar-refractivity contribution in [2.45, 2.75) is 39.0 Å². The van der Waals surface area contributed by atoms with Gasteiger partial charge in [0.2, 0.25) is 5.91 Å². The van der Waals surface area contributed by atoms with Crippen LogP contribution >= 0.6 is 0 Å². The summed E-state index contributed by atoms with van der Waals surface area (Å²) in [5.41, 5.74) is 0.596. The van der Waals surface area contributed by atoms with Crippen molar-refractivity contribution in [3.8, 4) is 0 Å². The molecule has 25 heavy (non-hydrogen) atoms. The number of carbonyl (C=O) groups excluding carboxylic acids is 1. The molecule has 1 aliphatic carbocycles. The third kappa shape index (κ3) is 5.44. The second-order valence-electron chi connectivity index (χ2n) is 6.83. The summed E-state index contributed by atoms with van der Waals surface area (Å²) in [6.45, 7) is 8.18. The molecule has 0 unspecified atom stereocenters. The summed E-state index contributed by atoms with van der Waals surface area (Å²) < 4.78 is 14.1. The number of guanidine groups is 1. The van der Waals surface area contributed by atoms with E-state index >= 15 is 0 Å². The number of rotatable bonds is 8. The SMILES string of the molecule is CCNC(=NCC1(c2ccccc2F)CC1)NCCNC(=O)C(C)C. The molecule has 0 spiro atoms. The zero-order chi connectivity index (χ0) is 18.3. The minimum absolute atomic E-state index is 0.0163. The Labute approximate surface area is 149 Å². The van der Waals surface area contributed by atoms with Gasteiger partial charge in [-0.3, -0.25) is 9.79 Å². The summed E-state index contributed by atoms with van der Waals surface area (Å²) in [5, 5.41) is 9.27. The quantitative estimate of drug-likeness (QED) is 0.383. The Balaban J connectivity index is 1.89. The topological polar surface area (TPSA) is 65.5 Å². The van der Waals surface area contributed by atoms with Gasteiger partial charge in [0.1, 0.15) is 5.82 Å². The molecule has 5 nitrogen and oxygen atoms in total. The molecule has 0 radical (unpaired) electrons. The van der Waals surface area contributed by atoms with Crippen molar-refractivity contribution in [3.05, 3.63) is 35.6 Å². The highest BCUT2D eigenvalue weighted by Gasteiger charge is 2.45. The van der Waals surface area contributed by atoms with Crippen molar-refractivity contribution in [2.24, 2.45) is 10.9 Å². The van der Waals surface area contributed by atoms with E-state index in [1.165, 1.54) is 6.07 Å². The molecule has 1 saturated carbocycles. The molecule has 0 bridgehead atoms. The number of aliphatic imine (C=N–C) groups is 1. The highest BCUT2D eigenvalue weighted by atomic mass is 19.1.